The van der Waals surface area contributed by atoms with E-state index in [4.69, 9.17) is 5.73 Å². The molecule has 2 aliphatic carbocycles. The fourth-order valence-electron chi connectivity index (χ4n) is 4.10. The molecule has 0 aromatic carbocycles. The molecule has 140 valence electrons. The molecule has 0 spiro atoms. The Balaban J connectivity index is 1.71. The maximum absolute atomic E-state index is 11.0. The second-order valence-corrected chi connectivity index (χ2v) is 7.91. The quantitative estimate of drug-likeness (QED) is 0.546. The lowest BCUT2D eigenvalue weighted by atomic mass is 9.79. The van der Waals surface area contributed by atoms with Gasteiger partial charge >= 0.3 is 0 Å². The molecule has 6 heteroatoms. The van der Waals surface area contributed by atoms with Crippen LogP contribution in [0.2, 0.25) is 0 Å². The van der Waals surface area contributed by atoms with E-state index in [2.05, 4.69) is 9.97 Å². The zero-order chi connectivity index (χ0) is 17.8. The average molecular weight is 349 g/mol. The van der Waals surface area contributed by atoms with Crippen LogP contribution in [0.15, 0.2) is 6.20 Å². The number of H-pyrrole nitrogens is 1. The van der Waals surface area contributed by atoms with Gasteiger partial charge in [-0.25, -0.2) is 4.98 Å². The number of hydrogen-bond acceptors (Lipinski definition) is 4. The number of aromatic amines is 1. The van der Waals surface area contributed by atoms with Gasteiger partial charge in [-0.2, -0.15) is 0 Å². The van der Waals surface area contributed by atoms with Crippen LogP contribution < -0.4 is 5.73 Å². The number of carbonyl (C=O) groups is 1. The van der Waals surface area contributed by atoms with Crippen molar-refractivity contribution in [1.29, 1.82) is 0 Å². The summed E-state index contributed by atoms with van der Waals surface area (Å²) in [4.78, 5) is 18.7. The zero-order valence-electron chi connectivity index (χ0n) is 14.9. The largest absolute Gasteiger partial charge is 0.390 e. The summed E-state index contributed by atoms with van der Waals surface area (Å²) in [7, 11) is 0. The van der Waals surface area contributed by atoms with E-state index in [9.17, 15) is 15.0 Å². The number of aliphatic hydroxyl groups is 2. The molecule has 2 saturated carbocycles. The van der Waals surface area contributed by atoms with Crippen molar-refractivity contribution in [2.45, 2.75) is 82.3 Å². The van der Waals surface area contributed by atoms with Gasteiger partial charge in [-0.05, 0) is 37.5 Å². The van der Waals surface area contributed by atoms with Crippen LogP contribution in [0.25, 0.3) is 0 Å². The third-order valence-corrected chi connectivity index (χ3v) is 5.81. The van der Waals surface area contributed by atoms with Gasteiger partial charge in [-0.1, -0.05) is 32.1 Å². The van der Waals surface area contributed by atoms with Gasteiger partial charge in [0.15, 0.2) is 0 Å². The molecule has 0 aliphatic heterocycles. The van der Waals surface area contributed by atoms with Crippen LogP contribution in [0.1, 0.15) is 75.2 Å². The molecule has 3 atom stereocenters. The number of nitrogens with one attached hydrogen (secondary N) is 1. The van der Waals surface area contributed by atoms with Gasteiger partial charge in [-0.15, -0.1) is 0 Å². The van der Waals surface area contributed by atoms with Crippen molar-refractivity contribution >= 4 is 5.91 Å². The van der Waals surface area contributed by atoms with Crippen molar-refractivity contribution in [3.05, 3.63) is 17.7 Å². The van der Waals surface area contributed by atoms with Crippen molar-refractivity contribution < 1.29 is 15.0 Å². The Labute approximate surface area is 149 Å². The van der Waals surface area contributed by atoms with E-state index in [0.29, 0.717) is 12.3 Å². The molecule has 1 aromatic heterocycles. The summed E-state index contributed by atoms with van der Waals surface area (Å²) in [6, 6.07) is 0. The summed E-state index contributed by atoms with van der Waals surface area (Å²) in [5.74, 6) is 1.03. The van der Waals surface area contributed by atoms with E-state index < -0.39 is 12.2 Å². The lowest BCUT2D eigenvalue weighted by Gasteiger charge is -2.30. The molecule has 0 saturated heterocycles. The number of primary amides is 1. The molecule has 2 fully saturated rings. The van der Waals surface area contributed by atoms with Crippen LogP contribution in [-0.2, 0) is 11.2 Å². The Morgan fingerprint density at radius 1 is 1.24 bits per heavy atom. The number of hydrogen-bond donors (Lipinski definition) is 4. The maximum Gasteiger partial charge on any atom is 0.217 e. The molecule has 6 nitrogen and oxygen atoms in total. The maximum atomic E-state index is 11.0. The fraction of sp³-hybridized carbons (Fsp3) is 0.789. The minimum atomic E-state index is -0.787. The van der Waals surface area contributed by atoms with Gasteiger partial charge in [-0.3, -0.25) is 4.79 Å². The van der Waals surface area contributed by atoms with E-state index in [-0.39, 0.29) is 24.2 Å². The Morgan fingerprint density at radius 3 is 2.60 bits per heavy atom. The fourth-order valence-corrected chi connectivity index (χ4v) is 4.10. The van der Waals surface area contributed by atoms with Gasteiger partial charge < -0.3 is 20.9 Å². The molecule has 2 aliphatic rings. The number of aromatic nitrogens is 2. The van der Waals surface area contributed by atoms with Crippen molar-refractivity contribution in [2.24, 2.45) is 17.6 Å². The molecule has 5 N–H and O–H groups in total. The predicted octanol–water partition coefficient (Wildman–Crippen LogP) is 2.01. The predicted molar refractivity (Wildman–Crippen MR) is 94.8 cm³/mol. The van der Waals surface area contributed by atoms with Gasteiger partial charge in [0.05, 0.1) is 17.9 Å². The van der Waals surface area contributed by atoms with Crippen LogP contribution >= 0.6 is 0 Å². The minimum absolute atomic E-state index is 0.180. The highest BCUT2D eigenvalue weighted by atomic mass is 16.3. The van der Waals surface area contributed by atoms with Gasteiger partial charge in [0, 0.05) is 18.5 Å². The molecule has 0 unspecified atom stereocenters. The second-order valence-electron chi connectivity index (χ2n) is 7.91. The van der Waals surface area contributed by atoms with Crippen molar-refractivity contribution in [2.75, 3.05) is 0 Å². The third kappa shape index (κ3) is 5.05. The smallest absolute Gasteiger partial charge is 0.217 e. The van der Waals surface area contributed by atoms with E-state index >= 15 is 0 Å². The topological polar surface area (TPSA) is 112 Å². The number of nitrogens with zero attached hydrogens (tertiary/aromatic N) is 1. The standard InChI is InChI=1S/C19H31N3O3/c20-16(23)9-8-14-11-21-19(22-14)15(10-12-4-2-1-3-5-12)18(25)17(24)13-6-7-13/h11-13,15,17-18,24-25H,1-10H2,(H2,20,23)(H,21,22)/t15-,17+,18-/m1/s1. The molecule has 25 heavy (non-hydrogen) atoms. The van der Waals surface area contributed by atoms with E-state index in [1.165, 1.54) is 32.1 Å². The number of aliphatic hydroxyl groups excluding tert-OH is 2. The highest BCUT2D eigenvalue weighted by Gasteiger charge is 2.40. The van der Waals surface area contributed by atoms with E-state index in [1.807, 2.05) is 0 Å². The summed E-state index contributed by atoms with van der Waals surface area (Å²) in [6.07, 6.45) is 10.1. The third-order valence-electron chi connectivity index (χ3n) is 5.81. The molecule has 0 radical (unpaired) electrons. The summed E-state index contributed by atoms with van der Waals surface area (Å²) >= 11 is 0. The molecular weight excluding hydrogens is 318 g/mol. The number of nitrogens with two attached hydrogens (primary N) is 1. The van der Waals surface area contributed by atoms with Crippen LogP contribution in [0.3, 0.4) is 0 Å². The first-order valence-electron chi connectivity index (χ1n) is 9.73. The summed E-state index contributed by atoms with van der Waals surface area (Å²) < 4.78 is 0. The first-order valence-corrected chi connectivity index (χ1v) is 9.73. The number of aryl methyl sites for hydroxylation is 1. The number of imidazole rings is 1. The monoisotopic (exact) mass is 349 g/mol. The second kappa shape index (κ2) is 8.32. The van der Waals surface area contributed by atoms with Crippen LogP contribution in [0.4, 0.5) is 0 Å². The molecule has 1 amide bonds. The highest BCUT2D eigenvalue weighted by molar-refractivity contribution is 5.73. The normalized spacial score (nSPS) is 22.5. The number of carbonyl (C=O) groups excluding carboxylic acids is 1. The van der Waals surface area contributed by atoms with Crippen LogP contribution in [-0.4, -0.2) is 38.3 Å². The molecule has 1 heterocycles. The zero-order valence-corrected chi connectivity index (χ0v) is 14.9. The van der Waals surface area contributed by atoms with Gasteiger partial charge in [0.25, 0.3) is 0 Å². The molecule has 0 bridgehead atoms. The van der Waals surface area contributed by atoms with Crippen molar-refractivity contribution in [3.63, 3.8) is 0 Å². The lowest BCUT2D eigenvalue weighted by molar-refractivity contribution is -0.118. The first-order chi connectivity index (χ1) is 12.0. The molecule has 3 rings (SSSR count). The van der Waals surface area contributed by atoms with Crippen molar-refractivity contribution in [3.8, 4) is 0 Å². The summed E-state index contributed by atoms with van der Waals surface area (Å²) in [6.45, 7) is 0. The molecule has 1 aromatic rings. The average Bonchev–Trinajstić information content (AvgIpc) is 3.36. The Hall–Kier alpha value is -1.40. The van der Waals surface area contributed by atoms with E-state index in [1.54, 1.807) is 6.20 Å². The summed E-state index contributed by atoms with van der Waals surface area (Å²) in [5.41, 5.74) is 6.00. The van der Waals surface area contributed by atoms with E-state index in [0.717, 1.165) is 30.8 Å². The number of amides is 1. The summed E-state index contributed by atoms with van der Waals surface area (Å²) in [5, 5.41) is 21.3. The minimum Gasteiger partial charge on any atom is -0.390 e. The lowest BCUT2D eigenvalue weighted by Crippen LogP contribution is -2.35. The Morgan fingerprint density at radius 2 is 1.96 bits per heavy atom. The highest BCUT2D eigenvalue weighted by Crippen LogP contribution is 2.40. The Bertz CT molecular complexity index is 564. The number of rotatable bonds is 9. The van der Waals surface area contributed by atoms with Gasteiger partial charge in [0.2, 0.25) is 5.91 Å². The van der Waals surface area contributed by atoms with Crippen LogP contribution in [0.5, 0.6) is 0 Å². The van der Waals surface area contributed by atoms with Gasteiger partial charge in [0.1, 0.15) is 5.82 Å². The Kier molecular flexibility index (Phi) is 6.12. The van der Waals surface area contributed by atoms with Crippen LogP contribution in [0, 0.1) is 11.8 Å². The van der Waals surface area contributed by atoms with Crippen molar-refractivity contribution in [1.82, 2.24) is 9.97 Å². The first kappa shape index (κ1) is 18.4. The SMILES string of the molecule is NC(=O)CCc1c[nH]c([C@H](CC2CCCCC2)[C@@H](O)[C@@H](O)C2CC2)n1. The molecular formula is C19H31N3O3.